The number of para-hydroxylation sites is 1. The summed E-state index contributed by atoms with van der Waals surface area (Å²) in [5.74, 6) is 0. The van der Waals surface area contributed by atoms with Crippen LogP contribution in [0, 0.1) is 0 Å². The summed E-state index contributed by atoms with van der Waals surface area (Å²) in [6, 6.07) is 51.2. The fourth-order valence-electron chi connectivity index (χ4n) is 7.82. The SMILES string of the molecule is c1ccc2c(c1)CC(C1=C3C(=C(c4cccc5ccccc45)c4ccc5ccccc5c43)c3c1ccc1ccccc31)=N2. The standard InChI is InChI=1S/C42H25N/c1-5-15-29-25(10-1)14-9-18-32(29)39-33-22-20-26-11-2-6-16-30(26)37(33)42-40(36-24-28-13-4-8-19-35(28)43-36)34-23-21-27-12-3-7-17-31(27)38(34)41(39)42/h1-23H,24H2. The Morgan fingerprint density at radius 3 is 1.60 bits per heavy atom. The molecule has 198 valence electrons. The number of nitrogens with zero attached hydrogens (tertiary/aromatic N) is 1. The normalized spacial score (nSPS) is 14.8. The van der Waals surface area contributed by atoms with Crippen LogP contribution in [0.1, 0.15) is 33.4 Å². The van der Waals surface area contributed by atoms with Gasteiger partial charge in [0, 0.05) is 17.6 Å². The van der Waals surface area contributed by atoms with E-state index in [0.717, 1.165) is 12.1 Å². The molecule has 0 saturated carbocycles. The van der Waals surface area contributed by atoms with Gasteiger partial charge in [-0.15, -0.1) is 0 Å². The fourth-order valence-corrected chi connectivity index (χ4v) is 7.82. The molecular weight excluding hydrogens is 518 g/mol. The lowest BCUT2D eigenvalue weighted by Crippen LogP contribution is -2.03. The molecule has 0 unspecified atom stereocenters. The van der Waals surface area contributed by atoms with Crippen molar-refractivity contribution in [3.05, 3.63) is 173 Å². The van der Waals surface area contributed by atoms with Crippen LogP contribution in [0.15, 0.2) is 145 Å². The molecular formula is C42H25N. The van der Waals surface area contributed by atoms with Gasteiger partial charge >= 0.3 is 0 Å². The van der Waals surface area contributed by atoms with E-state index in [1.54, 1.807) is 0 Å². The summed E-state index contributed by atoms with van der Waals surface area (Å²) >= 11 is 0. The lowest BCUT2D eigenvalue weighted by molar-refractivity contribution is 1.40. The van der Waals surface area contributed by atoms with E-state index in [0.29, 0.717) is 0 Å². The Hall–Kier alpha value is -5.53. The second-order valence-electron chi connectivity index (χ2n) is 11.8. The van der Waals surface area contributed by atoms with Crippen molar-refractivity contribution < 1.29 is 0 Å². The van der Waals surface area contributed by atoms with Gasteiger partial charge in [0.05, 0.1) is 11.4 Å². The van der Waals surface area contributed by atoms with E-state index in [-0.39, 0.29) is 0 Å². The van der Waals surface area contributed by atoms with Crippen molar-refractivity contribution in [1.29, 1.82) is 0 Å². The van der Waals surface area contributed by atoms with E-state index in [2.05, 4.69) is 140 Å². The molecule has 1 aliphatic heterocycles. The maximum atomic E-state index is 5.31. The maximum Gasteiger partial charge on any atom is 0.0669 e. The Morgan fingerprint density at radius 1 is 0.372 bits per heavy atom. The van der Waals surface area contributed by atoms with Crippen molar-refractivity contribution in [2.24, 2.45) is 4.99 Å². The number of hydrogen-bond donors (Lipinski definition) is 0. The largest absolute Gasteiger partial charge is 0.252 e. The van der Waals surface area contributed by atoms with E-state index in [1.807, 2.05) is 0 Å². The fraction of sp³-hybridized carbons (Fsp3) is 0.0238. The summed E-state index contributed by atoms with van der Waals surface area (Å²) in [5.41, 5.74) is 15.4. The van der Waals surface area contributed by atoms with Crippen molar-refractivity contribution in [3.8, 4) is 0 Å². The molecule has 0 N–H and O–H groups in total. The second-order valence-corrected chi connectivity index (χ2v) is 11.8. The molecule has 0 fully saturated rings. The van der Waals surface area contributed by atoms with Crippen molar-refractivity contribution in [2.75, 3.05) is 0 Å². The van der Waals surface area contributed by atoms with Gasteiger partial charge in [-0.25, -0.2) is 0 Å². The van der Waals surface area contributed by atoms with Crippen molar-refractivity contribution in [2.45, 2.75) is 6.42 Å². The summed E-state index contributed by atoms with van der Waals surface area (Å²) in [6.07, 6.45) is 0.845. The highest BCUT2D eigenvalue weighted by Crippen LogP contribution is 2.61. The van der Waals surface area contributed by atoms with E-state index in [1.165, 1.54) is 93.7 Å². The van der Waals surface area contributed by atoms with Crippen LogP contribution in [0.2, 0.25) is 0 Å². The van der Waals surface area contributed by atoms with Crippen molar-refractivity contribution in [1.82, 2.24) is 0 Å². The predicted molar refractivity (Wildman–Crippen MR) is 182 cm³/mol. The quantitative estimate of drug-likeness (QED) is 0.206. The van der Waals surface area contributed by atoms with Gasteiger partial charge in [-0.05, 0) is 82.9 Å². The van der Waals surface area contributed by atoms with Crippen LogP contribution in [0.5, 0.6) is 0 Å². The first-order valence-corrected chi connectivity index (χ1v) is 15.0. The topological polar surface area (TPSA) is 12.4 Å². The number of allylic oxidation sites excluding steroid dienone is 3. The van der Waals surface area contributed by atoms with Crippen LogP contribution in [-0.4, -0.2) is 5.71 Å². The van der Waals surface area contributed by atoms with Gasteiger partial charge in [0.1, 0.15) is 0 Å². The molecule has 0 aromatic heterocycles. The molecule has 3 aliphatic rings. The Kier molecular flexibility index (Phi) is 4.56. The molecule has 0 radical (unpaired) electrons. The van der Waals surface area contributed by atoms with Gasteiger partial charge in [-0.3, -0.25) is 4.99 Å². The zero-order chi connectivity index (χ0) is 28.1. The van der Waals surface area contributed by atoms with Gasteiger partial charge in [-0.1, -0.05) is 133 Å². The van der Waals surface area contributed by atoms with Gasteiger partial charge in [0.25, 0.3) is 0 Å². The minimum Gasteiger partial charge on any atom is -0.252 e. The van der Waals surface area contributed by atoms with Gasteiger partial charge in [0.15, 0.2) is 0 Å². The zero-order valence-corrected chi connectivity index (χ0v) is 23.4. The number of fused-ring (bicyclic) bond motifs is 11. The molecule has 2 aliphatic carbocycles. The third-order valence-corrected chi connectivity index (χ3v) is 9.60. The number of benzene rings is 7. The van der Waals surface area contributed by atoms with Gasteiger partial charge in [-0.2, -0.15) is 0 Å². The monoisotopic (exact) mass is 543 g/mol. The van der Waals surface area contributed by atoms with E-state index < -0.39 is 0 Å². The van der Waals surface area contributed by atoms with Crippen LogP contribution >= 0.6 is 0 Å². The molecule has 0 atom stereocenters. The first-order chi connectivity index (χ1) is 21.3. The highest BCUT2D eigenvalue weighted by molar-refractivity contribution is 6.49. The van der Waals surface area contributed by atoms with Gasteiger partial charge in [0.2, 0.25) is 0 Å². The van der Waals surface area contributed by atoms with Crippen LogP contribution < -0.4 is 0 Å². The molecule has 43 heavy (non-hydrogen) atoms. The summed E-state index contributed by atoms with van der Waals surface area (Å²) in [7, 11) is 0. The molecule has 1 nitrogen and oxygen atoms in total. The molecule has 0 spiro atoms. The lowest BCUT2D eigenvalue weighted by Gasteiger charge is -2.15. The van der Waals surface area contributed by atoms with E-state index in [4.69, 9.17) is 4.99 Å². The Labute approximate surface area is 249 Å². The average Bonchev–Trinajstić information content (AvgIpc) is 3.74. The molecule has 0 amide bonds. The molecule has 1 heterocycles. The first-order valence-electron chi connectivity index (χ1n) is 15.0. The van der Waals surface area contributed by atoms with Gasteiger partial charge < -0.3 is 0 Å². The first kappa shape index (κ1) is 23.1. The summed E-state index contributed by atoms with van der Waals surface area (Å²) in [5, 5.41) is 7.68. The second kappa shape index (κ2) is 8.50. The van der Waals surface area contributed by atoms with E-state index >= 15 is 0 Å². The highest BCUT2D eigenvalue weighted by Gasteiger charge is 2.41. The summed E-state index contributed by atoms with van der Waals surface area (Å²) in [6.45, 7) is 0. The molecule has 1 heteroatoms. The maximum absolute atomic E-state index is 5.31. The third-order valence-electron chi connectivity index (χ3n) is 9.60. The molecule has 0 bridgehead atoms. The van der Waals surface area contributed by atoms with Crippen LogP contribution in [-0.2, 0) is 6.42 Å². The number of rotatable bonds is 2. The lowest BCUT2D eigenvalue weighted by atomic mass is 9.87. The number of hydrogen-bond acceptors (Lipinski definition) is 1. The van der Waals surface area contributed by atoms with Crippen molar-refractivity contribution in [3.63, 3.8) is 0 Å². The minimum atomic E-state index is 0.845. The van der Waals surface area contributed by atoms with Crippen molar-refractivity contribution >= 4 is 66.0 Å². The Morgan fingerprint density at radius 2 is 0.907 bits per heavy atom. The molecule has 7 aromatic rings. The predicted octanol–water partition coefficient (Wildman–Crippen LogP) is 10.7. The van der Waals surface area contributed by atoms with Crippen LogP contribution in [0.4, 0.5) is 5.69 Å². The van der Waals surface area contributed by atoms with E-state index in [9.17, 15) is 0 Å². The van der Waals surface area contributed by atoms with Crippen LogP contribution in [0.25, 0.3) is 54.6 Å². The average molecular weight is 544 g/mol. The molecule has 0 saturated heterocycles. The molecule has 10 rings (SSSR count). The zero-order valence-electron chi connectivity index (χ0n) is 23.4. The highest BCUT2D eigenvalue weighted by atomic mass is 14.8. The molecule has 7 aromatic carbocycles. The third kappa shape index (κ3) is 3.09. The summed E-state index contributed by atoms with van der Waals surface area (Å²) < 4.78 is 0. The minimum absolute atomic E-state index is 0.845. The Balaban J connectivity index is 1.42. The van der Waals surface area contributed by atoms with Crippen LogP contribution in [0.3, 0.4) is 0 Å². The number of aliphatic imine (C=N–C) groups is 1. The Bertz CT molecular complexity index is 2460. The summed E-state index contributed by atoms with van der Waals surface area (Å²) in [4.78, 5) is 5.31. The smallest absolute Gasteiger partial charge is 0.0669 e.